The van der Waals surface area contributed by atoms with Gasteiger partial charge in [0.25, 0.3) is 5.91 Å². The molecule has 1 amide bonds. The number of anilines is 1. The van der Waals surface area contributed by atoms with E-state index in [0.29, 0.717) is 11.5 Å². The molecule has 6 nitrogen and oxygen atoms in total. The van der Waals surface area contributed by atoms with Gasteiger partial charge < -0.3 is 20.1 Å². The van der Waals surface area contributed by atoms with E-state index in [2.05, 4.69) is 33.2 Å². The standard InChI is InChI=1S/C19H16IN3O3/c1-12-6-15(20)3-4-16(12)22-10-14(8-21)19(24)23-9-13-2-5-17-18(7-13)26-11-25-17/h2-7,10,22H,9,11H2,1H3,(H,23,24)/b14-10-. The molecule has 0 atom stereocenters. The minimum atomic E-state index is -0.444. The van der Waals surface area contributed by atoms with Crippen molar-refractivity contribution in [2.75, 3.05) is 12.1 Å². The quantitative estimate of drug-likeness (QED) is 0.405. The number of benzene rings is 2. The van der Waals surface area contributed by atoms with Crippen LogP contribution < -0.4 is 20.1 Å². The van der Waals surface area contributed by atoms with Gasteiger partial charge >= 0.3 is 0 Å². The molecule has 1 aliphatic heterocycles. The lowest BCUT2D eigenvalue weighted by Crippen LogP contribution is -2.24. The summed E-state index contributed by atoms with van der Waals surface area (Å²) in [5.41, 5.74) is 2.75. The van der Waals surface area contributed by atoms with E-state index < -0.39 is 5.91 Å². The van der Waals surface area contributed by atoms with Crippen molar-refractivity contribution < 1.29 is 14.3 Å². The Bertz CT molecular complexity index is 919. The van der Waals surface area contributed by atoms with E-state index in [0.717, 1.165) is 20.4 Å². The van der Waals surface area contributed by atoms with Crippen molar-refractivity contribution in [3.63, 3.8) is 0 Å². The summed E-state index contributed by atoms with van der Waals surface area (Å²) in [5.74, 6) is 0.902. The first-order valence-electron chi connectivity index (χ1n) is 7.86. The Labute approximate surface area is 164 Å². The Kier molecular flexibility index (Phi) is 5.63. The number of halogens is 1. The first kappa shape index (κ1) is 18.1. The number of amides is 1. The zero-order valence-electron chi connectivity index (χ0n) is 14.0. The van der Waals surface area contributed by atoms with Crippen LogP contribution in [0.5, 0.6) is 11.5 Å². The molecule has 0 radical (unpaired) electrons. The van der Waals surface area contributed by atoms with Crippen LogP contribution in [-0.4, -0.2) is 12.7 Å². The number of hydrogen-bond acceptors (Lipinski definition) is 5. The number of carbonyl (C=O) groups is 1. The van der Waals surface area contributed by atoms with Crippen LogP contribution >= 0.6 is 22.6 Å². The molecule has 0 aliphatic carbocycles. The Morgan fingerprint density at radius 2 is 2.08 bits per heavy atom. The molecule has 0 bridgehead atoms. The predicted molar refractivity (Wildman–Crippen MR) is 106 cm³/mol. The van der Waals surface area contributed by atoms with Crippen molar-refractivity contribution >= 4 is 34.2 Å². The number of rotatable bonds is 5. The third-order valence-electron chi connectivity index (χ3n) is 3.82. The van der Waals surface area contributed by atoms with E-state index in [1.807, 2.05) is 43.3 Å². The third kappa shape index (κ3) is 4.26. The van der Waals surface area contributed by atoms with E-state index in [-0.39, 0.29) is 18.9 Å². The molecule has 0 aromatic heterocycles. The van der Waals surface area contributed by atoms with Crippen LogP contribution in [0.1, 0.15) is 11.1 Å². The molecule has 2 aromatic carbocycles. The summed E-state index contributed by atoms with van der Waals surface area (Å²) in [6.45, 7) is 2.46. The summed E-state index contributed by atoms with van der Waals surface area (Å²) in [5, 5.41) is 15.0. The van der Waals surface area contributed by atoms with E-state index in [1.54, 1.807) is 6.07 Å². The van der Waals surface area contributed by atoms with E-state index in [1.165, 1.54) is 6.20 Å². The SMILES string of the molecule is Cc1cc(I)ccc1N/C=C(/C#N)C(=O)NCc1ccc2c(c1)OCO2. The van der Waals surface area contributed by atoms with Crippen molar-refractivity contribution in [1.29, 1.82) is 5.26 Å². The zero-order chi connectivity index (χ0) is 18.5. The minimum absolute atomic E-state index is 0.00342. The lowest BCUT2D eigenvalue weighted by atomic mass is 10.2. The molecule has 26 heavy (non-hydrogen) atoms. The summed E-state index contributed by atoms with van der Waals surface area (Å²) in [7, 11) is 0. The monoisotopic (exact) mass is 461 g/mol. The third-order valence-corrected chi connectivity index (χ3v) is 4.49. The average Bonchev–Trinajstić information content (AvgIpc) is 3.09. The molecular formula is C19H16IN3O3. The Morgan fingerprint density at radius 3 is 2.85 bits per heavy atom. The molecule has 0 saturated heterocycles. The molecule has 132 valence electrons. The van der Waals surface area contributed by atoms with Gasteiger partial charge in [0.15, 0.2) is 11.5 Å². The van der Waals surface area contributed by atoms with Gasteiger partial charge in [-0.3, -0.25) is 4.79 Å². The van der Waals surface area contributed by atoms with Crippen LogP contribution in [0.15, 0.2) is 48.2 Å². The van der Waals surface area contributed by atoms with E-state index >= 15 is 0 Å². The average molecular weight is 461 g/mol. The molecular weight excluding hydrogens is 445 g/mol. The van der Waals surface area contributed by atoms with Crippen molar-refractivity contribution in [1.82, 2.24) is 5.32 Å². The summed E-state index contributed by atoms with van der Waals surface area (Å²) < 4.78 is 11.7. The second kappa shape index (κ2) is 8.10. The molecule has 0 spiro atoms. The maximum Gasteiger partial charge on any atom is 0.263 e. The van der Waals surface area contributed by atoms with Crippen LogP contribution in [-0.2, 0) is 11.3 Å². The normalized spacial score (nSPS) is 12.4. The highest BCUT2D eigenvalue weighted by molar-refractivity contribution is 14.1. The highest BCUT2D eigenvalue weighted by Gasteiger charge is 2.14. The highest BCUT2D eigenvalue weighted by atomic mass is 127. The molecule has 3 rings (SSSR count). The van der Waals surface area contributed by atoms with Crippen LogP contribution in [0.2, 0.25) is 0 Å². The summed E-state index contributed by atoms with van der Waals surface area (Å²) >= 11 is 2.23. The number of hydrogen-bond donors (Lipinski definition) is 2. The number of aryl methyl sites for hydroxylation is 1. The molecule has 1 heterocycles. The minimum Gasteiger partial charge on any atom is -0.454 e. The number of nitrogens with zero attached hydrogens (tertiary/aromatic N) is 1. The number of carbonyl (C=O) groups excluding carboxylic acids is 1. The van der Waals surface area contributed by atoms with Gasteiger partial charge in [-0.1, -0.05) is 6.07 Å². The lowest BCUT2D eigenvalue weighted by molar-refractivity contribution is -0.117. The summed E-state index contributed by atoms with van der Waals surface area (Å²) in [6.07, 6.45) is 1.42. The van der Waals surface area contributed by atoms with Gasteiger partial charge in [0.05, 0.1) is 0 Å². The Balaban J connectivity index is 1.62. The van der Waals surface area contributed by atoms with Gasteiger partial charge in [0, 0.05) is 22.0 Å². The first-order valence-corrected chi connectivity index (χ1v) is 8.94. The fraction of sp³-hybridized carbons (Fsp3) is 0.158. The van der Waals surface area contributed by atoms with Crippen molar-refractivity contribution in [2.45, 2.75) is 13.5 Å². The number of nitriles is 1. The zero-order valence-corrected chi connectivity index (χ0v) is 16.2. The van der Waals surface area contributed by atoms with Crippen molar-refractivity contribution in [3.8, 4) is 17.6 Å². The predicted octanol–water partition coefficient (Wildman–Crippen LogP) is 3.46. The van der Waals surface area contributed by atoms with Gasteiger partial charge in [-0.2, -0.15) is 5.26 Å². The lowest BCUT2D eigenvalue weighted by Gasteiger charge is -2.08. The summed E-state index contributed by atoms with van der Waals surface area (Å²) in [6, 6.07) is 13.3. The van der Waals surface area contributed by atoms with Crippen molar-refractivity contribution in [3.05, 3.63) is 62.9 Å². The van der Waals surface area contributed by atoms with Crippen molar-refractivity contribution in [2.24, 2.45) is 0 Å². The van der Waals surface area contributed by atoms with Crippen LogP contribution in [0.4, 0.5) is 5.69 Å². The highest BCUT2D eigenvalue weighted by Crippen LogP contribution is 2.32. The van der Waals surface area contributed by atoms with Gasteiger partial charge in [0.1, 0.15) is 11.6 Å². The topological polar surface area (TPSA) is 83.4 Å². The second-order valence-electron chi connectivity index (χ2n) is 5.64. The van der Waals surface area contributed by atoms with E-state index in [4.69, 9.17) is 9.47 Å². The van der Waals surface area contributed by atoms with E-state index in [9.17, 15) is 10.1 Å². The van der Waals surface area contributed by atoms with Gasteiger partial charge in [-0.25, -0.2) is 0 Å². The molecule has 0 fully saturated rings. The first-order chi connectivity index (χ1) is 12.6. The molecule has 0 unspecified atom stereocenters. The Morgan fingerprint density at radius 1 is 1.27 bits per heavy atom. The maximum atomic E-state index is 12.2. The molecule has 2 aromatic rings. The maximum absolute atomic E-state index is 12.2. The number of ether oxygens (including phenoxy) is 2. The fourth-order valence-corrected chi connectivity index (χ4v) is 3.06. The molecule has 2 N–H and O–H groups in total. The molecule has 1 aliphatic rings. The fourth-order valence-electron chi connectivity index (χ4n) is 2.42. The number of fused-ring (bicyclic) bond motifs is 1. The van der Waals surface area contributed by atoms with Gasteiger partial charge in [0.2, 0.25) is 6.79 Å². The van der Waals surface area contributed by atoms with Gasteiger partial charge in [-0.15, -0.1) is 0 Å². The summed E-state index contributed by atoms with van der Waals surface area (Å²) in [4.78, 5) is 12.2. The molecule has 7 heteroatoms. The largest absolute Gasteiger partial charge is 0.454 e. The Hall–Kier alpha value is -2.73. The smallest absolute Gasteiger partial charge is 0.263 e. The molecule has 0 saturated carbocycles. The van der Waals surface area contributed by atoms with Gasteiger partial charge in [-0.05, 0) is 71.0 Å². The van der Waals surface area contributed by atoms with Crippen LogP contribution in [0.3, 0.4) is 0 Å². The van der Waals surface area contributed by atoms with Crippen LogP contribution in [0.25, 0.3) is 0 Å². The van der Waals surface area contributed by atoms with Crippen LogP contribution in [0, 0.1) is 21.8 Å². The second-order valence-corrected chi connectivity index (χ2v) is 6.89. The number of nitrogens with one attached hydrogen (secondary N) is 2.